The van der Waals surface area contributed by atoms with Gasteiger partial charge in [-0.1, -0.05) is 41.9 Å². The number of anilines is 1. The Balaban J connectivity index is 1.71. The molecule has 0 aliphatic heterocycles. The highest BCUT2D eigenvalue weighted by atomic mass is 35.5. The summed E-state index contributed by atoms with van der Waals surface area (Å²) in [4.78, 5) is 12.4. The number of amides is 1. The van der Waals surface area contributed by atoms with Crippen LogP contribution in [0.5, 0.6) is 0 Å². The van der Waals surface area contributed by atoms with Gasteiger partial charge in [-0.3, -0.25) is 4.79 Å². The third-order valence-electron chi connectivity index (χ3n) is 4.29. The summed E-state index contributed by atoms with van der Waals surface area (Å²) in [5, 5.41) is 3.80. The molecule has 0 aromatic heterocycles. The van der Waals surface area contributed by atoms with Gasteiger partial charge in [-0.25, -0.2) is 0 Å². The smallest absolute Gasteiger partial charge is 0.228 e. The van der Waals surface area contributed by atoms with Gasteiger partial charge in [0.15, 0.2) is 0 Å². The quantitative estimate of drug-likeness (QED) is 0.874. The minimum absolute atomic E-state index is 0.0322. The van der Waals surface area contributed by atoms with Gasteiger partial charge in [0.05, 0.1) is 0 Å². The Morgan fingerprint density at radius 3 is 2.67 bits per heavy atom. The van der Waals surface area contributed by atoms with Gasteiger partial charge < -0.3 is 5.32 Å². The zero-order chi connectivity index (χ0) is 15.0. The van der Waals surface area contributed by atoms with E-state index in [-0.39, 0.29) is 17.7 Å². The molecule has 2 unspecified atom stereocenters. The minimum atomic E-state index is 0.0322. The molecule has 3 rings (SSSR count). The van der Waals surface area contributed by atoms with Crippen molar-refractivity contribution in [3.63, 3.8) is 0 Å². The third-order valence-corrected chi connectivity index (χ3v) is 4.64. The average molecular weight is 300 g/mol. The summed E-state index contributed by atoms with van der Waals surface area (Å²) >= 11 is 6.20. The second-order valence-corrected chi connectivity index (χ2v) is 6.11. The zero-order valence-corrected chi connectivity index (χ0v) is 12.9. The van der Waals surface area contributed by atoms with Crippen LogP contribution in [0.4, 0.5) is 5.69 Å². The van der Waals surface area contributed by atoms with Crippen LogP contribution in [0.15, 0.2) is 42.5 Å². The van der Waals surface area contributed by atoms with E-state index in [1.165, 1.54) is 5.56 Å². The molecule has 1 N–H and O–H groups in total. The molecule has 2 nitrogen and oxygen atoms in total. The van der Waals surface area contributed by atoms with E-state index in [2.05, 4.69) is 18.3 Å². The van der Waals surface area contributed by atoms with E-state index in [4.69, 9.17) is 11.6 Å². The highest BCUT2D eigenvalue weighted by Crippen LogP contribution is 2.50. The first-order valence-corrected chi connectivity index (χ1v) is 7.57. The number of hydrogen-bond acceptors (Lipinski definition) is 1. The molecule has 0 saturated heterocycles. The lowest BCUT2D eigenvalue weighted by Crippen LogP contribution is -2.15. The van der Waals surface area contributed by atoms with Crippen molar-refractivity contribution in [1.29, 1.82) is 0 Å². The first-order valence-electron chi connectivity index (χ1n) is 7.19. The Kier molecular flexibility index (Phi) is 3.73. The van der Waals surface area contributed by atoms with Crippen molar-refractivity contribution in [2.24, 2.45) is 5.92 Å². The fraction of sp³-hybridized carbons (Fsp3) is 0.278. The van der Waals surface area contributed by atoms with Crippen molar-refractivity contribution >= 4 is 23.2 Å². The highest BCUT2D eigenvalue weighted by Gasteiger charge is 2.44. The van der Waals surface area contributed by atoms with Crippen LogP contribution in [0, 0.1) is 19.8 Å². The van der Waals surface area contributed by atoms with Crippen LogP contribution in [-0.4, -0.2) is 5.91 Å². The maximum absolute atomic E-state index is 12.4. The molecule has 1 aliphatic rings. The number of rotatable bonds is 3. The molecule has 0 spiro atoms. The van der Waals surface area contributed by atoms with E-state index in [1.54, 1.807) is 0 Å². The number of hydrogen-bond donors (Lipinski definition) is 1. The number of aryl methyl sites for hydroxylation is 1. The first-order chi connectivity index (χ1) is 10.1. The fourth-order valence-corrected chi connectivity index (χ4v) is 2.99. The Morgan fingerprint density at radius 2 is 1.90 bits per heavy atom. The molecule has 21 heavy (non-hydrogen) atoms. The van der Waals surface area contributed by atoms with Crippen LogP contribution in [0.3, 0.4) is 0 Å². The maximum Gasteiger partial charge on any atom is 0.228 e. The molecule has 2 atom stereocenters. The van der Waals surface area contributed by atoms with Crippen LogP contribution in [0.2, 0.25) is 5.02 Å². The Morgan fingerprint density at radius 1 is 1.14 bits per heavy atom. The Labute approximate surface area is 130 Å². The summed E-state index contributed by atoms with van der Waals surface area (Å²) in [6.45, 7) is 4.08. The predicted molar refractivity (Wildman–Crippen MR) is 86.8 cm³/mol. The lowest BCUT2D eigenvalue weighted by molar-refractivity contribution is -0.117. The van der Waals surface area contributed by atoms with Crippen molar-refractivity contribution in [2.45, 2.75) is 26.2 Å². The molecule has 1 fully saturated rings. The van der Waals surface area contributed by atoms with Gasteiger partial charge in [-0.2, -0.15) is 0 Å². The lowest BCUT2D eigenvalue weighted by atomic mass is 10.1. The second-order valence-electron chi connectivity index (χ2n) is 5.71. The molecular weight excluding hydrogens is 282 g/mol. The second kappa shape index (κ2) is 5.53. The molecule has 1 saturated carbocycles. The molecule has 0 heterocycles. The van der Waals surface area contributed by atoms with Gasteiger partial charge in [-0.05, 0) is 55.0 Å². The van der Waals surface area contributed by atoms with E-state index in [9.17, 15) is 4.79 Å². The molecule has 3 heteroatoms. The molecule has 108 valence electrons. The number of benzene rings is 2. The summed E-state index contributed by atoms with van der Waals surface area (Å²) < 4.78 is 0. The Hall–Kier alpha value is -1.80. The normalized spacial score (nSPS) is 20.1. The van der Waals surface area contributed by atoms with Gasteiger partial charge in [0, 0.05) is 16.6 Å². The largest absolute Gasteiger partial charge is 0.326 e. The number of carbonyl (C=O) groups is 1. The Bertz CT molecular complexity index is 695. The van der Waals surface area contributed by atoms with Gasteiger partial charge >= 0.3 is 0 Å². The van der Waals surface area contributed by atoms with E-state index < -0.39 is 0 Å². The molecule has 1 aliphatic carbocycles. The molecular formula is C18H18ClNO. The molecule has 0 bridgehead atoms. The van der Waals surface area contributed by atoms with Gasteiger partial charge in [-0.15, -0.1) is 0 Å². The van der Waals surface area contributed by atoms with E-state index >= 15 is 0 Å². The third kappa shape index (κ3) is 2.81. The van der Waals surface area contributed by atoms with Gasteiger partial charge in [0.2, 0.25) is 5.91 Å². The molecule has 2 aromatic rings. The summed E-state index contributed by atoms with van der Waals surface area (Å²) in [5.41, 5.74) is 4.30. The lowest BCUT2D eigenvalue weighted by Gasteiger charge is -2.10. The van der Waals surface area contributed by atoms with E-state index in [0.717, 1.165) is 28.3 Å². The van der Waals surface area contributed by atoms with Crippen LogP contribution < -0.4 is 5.32 Å². The number of carbonyl (C=O) groups excluding carboxylic acids is 1. The summed E-state index contributed by atoms with van der Waals surface area (Å²) in [5.74, 6) is 0.377. The first kappa shape index (κ1) is 14.2. The molecule has 1 amide bonds. The highest BCUT2D eigenvalue weighted by molar-refractivity contribution is 6.31. The van der Waals surface area contributed by atoms with E-state index in [0.29, 0.717) is 0 Å². The SMILES string of the molecule is Cc1cccc(NC(=O)C2CC2c2ccccc2Cl)c1C. The predicted octanol–water partition coefficient (Wildman–Crippen LogP) is 4.70. The van der Waals surface area contributed by atoms with Crippen LogP contribution >= 0.6 is 11.6 Å². The summed E-state index contributed by atoms with van der Waals surface area (Å²) in [6.07, 6.45) is 0.875. The summed E-state index contributed by atoms with van der Waals surface area (Å²) in [7, 11) is 0. The minimum Gasteiger partial charge on any atom is -0.326 e. The summed E-state index contributed by atoms with van der Waals surface area (Å²) in [6, 6.07) is 13.8. The maximum atomic E-state index is 12.4. The monoisotopic (exact) mass is 299 g/mol. The zero-order valence-electron chi connectivity index (χ0n) is 12.2. The molecule has 2 aromatic carbocycles. The van der Waals surface area contributed by atoms with Crippen LogP contribution in [0.1, 0.15) is 29.0 Å². The van der Waals surface area contributed by atoms with E-state index in [1.807, 2.05) is 43.3 Å². The van der Waals surface area contributed by atoms with Gasteiger partial charge in [0.25, 0.3) is 0 Å². The van der Waals surface area contributed by atoms with Crippen molar-refractivity contribution in [3.8, 4) is 0 Å². The van der Waals surface area contributed by atoms with Crippen LogP contribution in [-0.2, 0) is 4.79 Å². The fourth-order valence-electron chi connectivity index (χ4n) is 2.72. The van der Waals surface area contributed by atoms with Gasteiger partial charge in [0.1, 0.15) is 0 Å². The van der Waals surface area contributed by atoms with Crippen LogP contribution in [0.25, 0.3) is 0 Å². The number of halogens is 1. The van der Waals surface area contributed by atoms with Crippen molar-refractivity contribution in [1.82, 2.24) is 0 Å². The number of nitrogens with one attached hydrogen (secondary N) is 1. The van der Waals surface area contributed by atoms with Crippen molar-refractivity contribution < 1.29 is 4.79 Å². The average Bonchev–Trinajstić information content (AvgIpc) is 3.25. The van der Waals surface area contributed by atoms with Crippen molar-refractivity contribution in [2.75, 3.05) is 5.32 Å². The molecule has 0 radical (unpaired) electrons. The topological polar surface area (TPSA) is 29.1 Å². The standard InChI is InChI=1S/C18H18ClNO/c1-11-6-5-9-17(12(11)2)20-18(21)15-10-14(15)13-7-3-4-8-16(13)19/h3-9,14-15H,10H2,1-2H3,(H,20,21). The van der Waals surface area contributed by atoms with Crippen molar-refractivity contribution in [3.05, 3.63) is 64.2 Å².